The lowest BCUT2D eigenvalue weighted by Crippen LogP contribution is -2.06. The minimum atomic E-state index is 0.536. The standard InChI is InChI=1S/C16H18N2OS2/c1-19-15-6-4-3-5-14(15)18-16(17)21-11-12-7-9-13(20-2)10-8-12/h3-10H,11H2,1-2H3,(H2,17,18). The molecule has 0 heterocycles. The number of para-hydroxylation sites is 2. The van der Waals surface area contributed by atoms with E-state index in [1.165, 1.54) is 22.2 Å². The Bertz CT molecular complexity index is 612. The second kappa shape index (κ2) is 8.00. The molecule has 3 nitrogen and oxygen atoms in total. The molecule has 110 valence electrons. The summed E-state index contributed by atoms with van der Waals surface area (Å²) < 4.78 is 5.26. The first-order valence-electron chi connectivity index (χ1n) is 6.46. The van der Waals surface area contributed by atoms with Gasteiger partial charge in [-0.25, -0.2) is 4.99 Å². The zero-order valence-electron chi connectivity index (χ0n) is 12.1. The van der Waals surface area contributed by atoms with Gasteiger partial charge in [-0.15, -0.1) is 11.8 Å². The molecule has 2 aromatic rings. The molecule has 0 saturated carbocycles. The van der Waals surface area contributed by atoms with Gasteiger partial charge in [-0.2, -0.15) is 0 Å². The Morgan fingerprint density at radius 1 is 1.14 bits per heavy atom. The first-order chi connectivity index (χ1) is 10.2. The van der Waals surface area contributed by atoms with Crippen LogP contribution >= 0.6 is 23.5 Å². The summed E-state index contributed by atoms with van der Waals surface area (Å²) in [6, 6.07) is 16.1. The van der Waals surface area contributed by atoms with E-state index in [1.54, 1.807) is 18.9 Å². The summed E-state index contributed by atoms with van der Waals surface area (Å²) in [6.07, 6.45) is 2.07. The minimum absolute atomic E-state index is 0.536. The molecule has 2 aromatic carbocycles. The van der Waals surface area contributed by atoms with Gasteiger partial charge in [0, 0.05) is 10.6 Å². The lowest BCUT2D eigenvalue weighted by Gasteiger charge is -2.05. The largest absolute Gasteiger partial charge is 0.494 e. The average Bonchev–Trinajstić information content (AvgIpc) is 2.54. The van der Waals surface area contributed by atoms with Crippen molar-refractivity contribution in [3.05, 3.63) is 54.1 Å². The smallest absolute Gasteiger partial charge is 0.159 e. The van der Waals surface area contributed by atoms with Gasteiger partial charge in [0.1, 0.15) is 11.4 Å². The van der Waals surface area contributed by atoms with Crippen LogP contribution in [0.25, 0.3) is 0 Å². The quantitative estimate of drug-likeness (QED) is 0.507. The van der Waals surface area contributed by atoms with Gasteiger partial charge in [0.2, 0.25) is 0 Å². The maximum absolute atomic E-state index is 5.99. The van der Waals surface area contributed by atoms with E-state index in [4.69, 9.17) is 10.5 Å². The molecule has 0 bridgehead atoms. The molecule has 0 unspecified atom stereocenters. The molecule has 0 spiro atoms. The average molecular weight is 318 g/mol. The first kappa shape index (κ1) is 15.8. The molecule has 0 radical (unpaired) electrons. The summed E-state index contributed by atoms with van der Waals surface area (Å²) >= 11 is 3.26. The van der Waals surface area contributed by atoms with E-state index in [1.807, 2.05) is 24.3 Å². The van der Waals surface area contributed by atoms with Crippen LogP contribution in [0, 0.1) is 0 Å². The Morgan fingerprint density at radius 3 is 2.52 bits per heavy atom. The second-order valence-corrected chi connectivity index (χ2v) is 6.13. The molecule has 5 heteroatoms. The highest BCUT2D eigenvalue weighted by Crippen LogP contribution is 2.27. The van der Waals surface area contributed by atoms with Crippen LogP contribution in [0.3, 0.4) is 0 Å². The van der Waals surface area contributed by atoms with Crippen LogP contribution in [0.2, 0.25) is 0 Å². The van der Waals surface area contributed by atoms with E-state index in [-0.39, 0.29) is 0 Å². The van der Waals surface area contributed by atoms with Crippen molar-refractivity contribution in [2.24, 2.45) is 10.7 Å². The van der Waals surface area contributed by atoms with Crippen molar-refractivity contribution >= 4 is 34.4 Å². The summed E-state index contributed by atoms with van der Waals surface area (Å²) in [7, 11) is 1.63. The Morgan fingerprint density at radius 2 is 1.86 bits per heavy atom. The molecule has 0 aliphatic heterocycles. The lowest BCUT2D eigenvalue weighted by molar-refractivity contribution is 0.416. The third-order valence-corrected chi connectivity index (χ3v) is 4.47. The van der Waals surface area contributed by atoms with Gasteiger partial charge in [-0.05, 0) is 36.1 Å². The fourth-order valence-electron chi connectivity index (χ4n) is 1.75. The zero-order chi connectivity index (χ0) is 15.1. The van der Waals surface area contributed by atoms with E-state index < -0.39 is 0 Å². The lowest BCUT2D eigenvalue weighted by atomic mass is 10.2. The SMILES string of the molecule is COc1ccccc1N=C(N)SCc1ccc(SC)cc1. The number of hydrogen-bond acceptors (Lipinski definition) is 4. The topological polar surface area (TPSA) is 47.6 Å². The Labute approximate surface area is 134 Å². The monoisotopic (exact) mass is 318 g/mol. The van der Waals surface area contributed by atoms with Crippen LogP contribution in [0.5, 0.6) is 5.75 Å². The van der Waals surface area contributed by atoms with E-state index in [9.17, 15) is 0 Å². The highest BCUT2D eigenvalue weighted by atomic mass is 32.2. The highest BCUT2D eigenvalue weighted by molar-refractivity contribution is 8.13. The number of nitrogens with two attached hydrogens (primary N) is 1. The van der Waals surface area contributed by atoms with Gasteiger partial charge in [0.25, 0.3) is 0 Å². The molecule has 2 rings (SSSR count). The van der Waals surface area contributed by atoms with Crippen molar-refractivity contribution in [1.82, 2.24) is 0 Å². The van der Waals surface area contributed by atoms with Crippen LogP contribution in [0.4, 0.5) is 5.69 Å². The van der Waals surface area contributed by atoms with Crippen LogP contribution < -0.4 is 10.5 Å². The van der Waals surface area contributed by atoms with Crippen LogP contribution in [0.1, 0.15) is 5.56 Å². The normalized spacial score (nSPS) is 11.4. The maximum atomic E-state index is 5.99. The molecule has 0 aliphatic carbocycles. The Kier molecular flexibility index (Phi) is 6.02. The zero-order valence-corrected chi connectivity index (χ0v) is 13.7. The summed E-state index contributed by atoms with van der Waals surface area (Å²) in [5.74, 6) is 1.53. The second-order valence-electron chi connectivity index (χ2n) is 4.26. The van der Waals surface area contributed by atoms with E-state index in [2.05, 4.69) is 35.5 Å². The van der Waals surface area contributed by atoms with Gasteiger partial charge in [0.05, 0.1) is 7.11 Å². The summed E-state index contributed by atoms with van der Waals surface area (Å²) in [5, 5.41) is 0.536. The summed E-state index contributed by atoms with van der Waals surface area (Å²) in [6.45, 7) is 0. The van der Waals surface area contributed by atoms with Crippen molar-refractivity contribution < 1.29 is 4.74 Å². The van der Waals surface area contributed by atoms with Gasteiger partial charge < -0.3 is 10.5 Å². The van der Waals surface area contributed by atoms with Crippen molar-refractivity contribution in [2.45, 2.75) is 10.6 Å². The third-order valence-electron chi connectivity index (χ3n) is 2.86. The van der Waals surface area contributed by atoms with E-state index in [0.29, 0.717) is 5.17 Å². The van der Waals surface area contributed by atoms with Crippen LogP contribution in [0.15, 0.2) is 58.4 Å². The van der Waals surface area contributed by atoms with E-state index >= 15 is 0 Å². The van der Waals surface area contributed by atoms with Crippen LogP contribution in [-0.2, 0) is 5.75 Å². The molecule has 0 atom stereocenters. The first-order valence-corrected chi connectivity index (χ1v) is 8.67. The van der Waals surface area contributed by atoms with E-state index in [0.717, 1.165) is 17.2 Å². The minimum Gasteiger partial charge on any atom is -0.494 e. The van der Waals surface area contributed by atoms with Crippen LogP contribution in [-0.4, -0.2) is 18.5 Å². The molecular weight excluding hydrogens is 300 g/mol. The number of thioether (sulfide) groups is 2. The molecule has 21 heavy (non-hydrogen) atoms. The molecule has 0 saturated heterocycles. The number of amidine groups is 1. The van der Waals surface area contributed by atoms with Gasteiger partial charge in [-0.1, -0.05) is 36.0 Å². The molecule has 0 aromatic heterocycles. The van der Waals surface area contributed by atoms with Crippen molar-refractivity contribution in [1.29, 1.82) is 0 Å². The molecule has 0 amide bonds. The summed E-state index contributed by atoms with van der Waals surface area (Å²) in [4.78, 5) is 5.67. The number of nitrogens with zero attached hydrogens (tertiary/aromatic N) is 1. The Hall–Kier alpha value is -1.59. The number of hydrogen-bond donors (Lipinski definition) is 1. The molecule has 0 fully saturated rings. The van der Waals surface area contributed by atoms with Crippen molar-refractivity contribution in [2.75, 3.05) is 13.4 Å². The number of ether oxygens (including phenoxy) is 1. The van der Waals surface area contributed by atoms with Crippen molar-refractivity contribution in [3.8, 4) is 5.75 Å². The predicted molar refractivity (Wildman–Crippen MR) is 93.8 cm³/mol. The number of benzene rings is 2. The van der Waals surface area contributed by atoms with Gasteiger partial charge >= 0.3 is 0 Å². The van der Waals surface area contributed by atoms with Crippen molar-refractivity contribution in [3.63, 3.8) is 0 Å². The Balaban J connectivity index is 2.00. The van der Waals surface area contributed by atoms with Gasteiger partial charge in [-0.3, -0.25) is 0 Å². The molecular formula is C16H18N2OS2. The third kappa shape index (κ3) is 4.72. The predicted octanol–water partition coefficient (Wildman–Crippen LogP) is 4.30. The fraction of sp³-hybridized carbons (Fsp3) is 0.188. The fourth-order valence-corrected chi connectivity index (χ4v) is 2.83. The molecule has 0 aliphatic rings. The number of rotatable bonds is 5. The summed E-state index contributed by atoms with van der Waals surface area (Å²) in [5.41, 5.74) is 7.97. The number of methoxy groups -OCH3 is 1. The number of aliphatic imine (C=N–C) groups is 1. The maximum Gasteiger partial charge on any atom is 0.159 e. The molecule has 2 N–H and O–H groups in total. The highest BCUT2D eigenvalue weighted by Gasteiger charge is 2.02. The van der Waals surface area contributed by atoms with Gasteiger partial charge in [0.15, 0.2) is 5.17 Å².